The van der Waals surface area contributed by atoms with E-state index in [0.29, 0.717) is 19.4 Å². The minimum absolute atomic E-state index is 0.170. The number of hydrogen-bond donors (Lipinski definition) is 1. The number of amides is 1. The van der Waals surface area contributed by atoms with E-state index >= 15 is 0 Å². The summed E-state index contributed by atoms with van der Waals surface area (Å²) in [6.07, 6.45) is 5.16. The third-order valence-corrected chi connectivity index (χ3v) is 3.96. The number of piperidine rings is 1. The van der Waals surface area contributed by atoms with Crippen LogP contribution in [-0.2, 0) is 23.7 Å². The maximum absolute atomic E-state index is 12.2. The van der Waals surface area contributed by atoms with Gasteiger partial charge in [0.05, 0.1) is 11.5 Å². The smallest absolute Gasteiger partial charge is 0.330 e. The molecule has 23 heavy (non-hydrogen) atoms. The van der Waals surface area contributed by atoms with Gasteiger partial charge in [0.15, 0.2) is 0 Å². The van der Waals surface area contributed by atoms with E-state index in [-0.39, 0.29) is 18.0 Å². The number of carbonyl (C=O) groups excluding carboxylic acids is 1. The van der Waals surface area contributed by atoms with Gasteiger partial charge in [0.2, 0.25) is 5.91 Å². The molecule has 0 aliphatic carbocycles. The van der Waals surface area contributed by atoms with Gasteiger partial charge in [0.25, 0.3) is 5.56 Å². The lowest BCUT2D eigenvalue weighted by molar-refractivity contribution is -0.144. The molecule has 0 spiro atoms. The molecule has 8 heteroatoms. The van der Waals surface area contributed by atoms with Gasteiger partial charge >= 0.3 is 11.7 Å². The van der Waals surface area contributed by atoms with Crippen molar-refractivity contribution >= 4 is 18.0 Å². The van der Waals surface area contributed by atoms with Crippen LogP contribution in [0.2, 0.25) is 0 Å². The van der Waals surface area contributed by atoms with Crippen molar-refractivity contribution in [2.24, 2.45) is 20.0 Å². The quantitative estimate of drug-likeness (QED) is 0.751. The summed E-state index contributed by atoms with van der Waals surface area (Å²) in [4.78, 5) is 48.2. The highest BCUT2D eigenvalue weighted by atomic mass is 16.4. The second-order valence-corrected chi connectivity index (χ2v) is 5.64. The summed E-state index contributed by atoms with van der Waals surface area (Å²) >= 11 is 0. The molecule has 0 aromatic carbocycles. The molecule has 2 heterocycles. The molecular formula is C15H19N3O5. The fourth-order valence-corrected chi connectivity index (χ4v) is 2.60. The Morgan fingerprint density at radius 3 is 2.65 bits per heavy atom. The van der Waals surface area contributed by atoms with Crippen LogP contribution in [-0.4, -0.2) is 44.1 Å². The molecule has 1 aliphatic heterocycles. The van der Waals surface area contributed by atoms with E-state index in [1.807, 2.05) is 0 Å². The van der Waals surface area contributed by atoms with Gasteiger partial charge in [0, 0.05) is 39.5 Å². The van der Waals surface area contributed by atoms with Gasteiger partial charge in [-0.25, -0.2) is 4.79 Å². The highest BCUT2D eigenvalue weighted by Gasteiger charge is 2.27. The zero-order chi connectivity index (χ0) is 17.1. The summed E-state index contributed by atoms with van der Waals surface area (Å²) in [6.45, 7) is 0.669. The Balaban J connectivity index is 2.17. The molecule has 1 N–H and O–H groups in total. The lowest BCUT2D eigenvalue weighted by Crippen LogP contribution is -2.41. The number of likely N-dealkylation sites (tertiary alicyclic amines) is 1. The van der Waals surface area contributed by atoms with E-state index in [4.69, 9.17) is 5.11 Å². The summed E-state index contributed by atoms with van der Waals surface area (Å²) in [5, 5.41) is 9.04. The second kappa shape index (κ2) is 6.64. The number of aromatic nitrogens is 2. The molecule has 0 saturated carbocycles. The Kier molecular flexibility index (Phi) is 4.83. The number of carboxylic acid groups (broad SMARTS) is 1. The Labute approximate surface area is 132 Å². The first-order chi connectivity index (χ1) is 10.8. The maximum Gasteiger partial charge on any atom is 0.330 e. The average molecular weight is 321 g/mol. The van der Waals surface area contributed by atoms with Crippen LogP contribution in [0.15, 0.2) is 21.9 Å². The van der Waals surface area contributed by atoms with Gasteiger partial charge in [-0.05, 0) is 18.9 Å². The van der Waals surface area contributed by atoms with Gasteiger partial charge in [-0.1, -0.05) is 0 Å². The molecule has 1 aliphatic rings. The summed E-state index contributed by atoms with van der Waals surface area (Å²) in [6, 6.07) is 0. The van der Waals surface area contributed by atoms with Crippen LogP contribution in [0.25, 0.3) is 6.08 Å². The molecule has 1 unspecified atom stereocenters. The van der Waals surface area contributed by atoms with Crippen LogP contribution in [0.3, 0.4) is 0 Å². The summed E-state index contributed by atoms with van der Waals surface area (Å²) in [5.41, 5.74) is -0.715. The number of rotatable bonds is 3. The lowest BCUT2D eigenvalue weighted by Gasteiger charge is -2.29. The first-order valence-electron chi connectivity index (χ1n) is 7.27. The Morgan fingerprint density at radius 2 is 2.00 bits per heavy atom. The predicted octanol–water partition coefficient (Wildman–Crippen LogP) is -0.580. The number of aliphatic carboxylic acids is 1. The van der Waals surface area contributed by atoms with Crippen molar-refractivity contribution in [3.63, 3.8) is 0 Å². The molecule has 1 aromatic heterocycles. The Hall–Kier alpha value is -2.64. The number of hydrogen-bond acceptors (Lipinski definition) is 4. The van der Waals surface area contributed by atoms with Crippen molar-refractivity contribution in [3.05, 3.63) is 38.7 Å². The zero-order valence-electron chi connectivity index (χ0n) is 13.1. The first kappa shape index (κ1) is 16.7. The first-order valence-corrected chi connectivity index (χ1v) is 7.27. The molecule has 2 rings (SSSR count). The van der Waals surface area contributed by atoms with Crippen molar-refractivity contribution in [2.45, 2.75) is 12.8 Å². The van der Waals surface area contributed by atoms with Crippen molar-refractivity contribution in [3.8, 4) is 0 Å². The summed E-state index contributed by atoms with van der Waals surface area (Å²) < 4.78 is 2.22. The molecule has 0 radical (unpaired) electrons. The molecule has 1 fully saturated rings. The third-order valence-electron chi connectivity index (χ3n) is 3.96. The van der Waals surface area contributed by atoms with E-state index in [9.17, 15) is 19.2 Å². The van der Waals surface area contributed by atoms with Crippen molar-refractivity contribution in [1.29, 1.82) is 0 Å². The van der Waals surface area contributed by atoms with Crippen LogP contribution in [0, 0.1) is 5.92 Å². The molecule has 1 amide bonds. The van der Waals surface area contributed by atoms with Gasteiger partial charge < -0.3 is 14.6 Å². The Bertz CT molecular complexity index is 774. The van der Waals surface area contributed by atoms with Crippen molar-refractivity contribution in [2.75, 3.05) is 13.1 Å². The average Bonchev–Trinajstić information content (AvgIpc) is 2.54. The molecule has 1 aromatic rings. The molecule has 1 saturated heterocycles. The highest BCUT2D eigenvalue weighted by molar-refractivity contribution is 5.92. The van der Waals surface area contributed by atoms with Crippen LogP contribution >= 0.6 is 0 Å². The van der Waals surface area contributed by atoms with Crippen molar-refractivity contribution in [1.82, 2.24) is 14.0 Å². The molecule has 0 bridgehead atoms. The van der Waals surface area contributed by atoms with E-state index in [1.165, 1.54) is 41.9 Å². The van der Waals surface area contributed by atoms with Crippen LogP contribution in [0.5, 0.6) is 0 Å². The molecule has 124 valence electrons. The van der Waals surface area contributed by atoms with E-state index in [1.54, 1.807) is 0 Å². The third kappa shape index (κ3) is 3.58. The topological polar surface area (TPSA) is 102 Å². The summed E-state index contributed by atoms with van der Waals surface area (Å²) in [5.74, 6) is -1.79. The number of carbonyl (C=O) groups is 2. The summed E-state index contributed by atoms with van der Waals surface area (Å²) in [7, 11) is 2.88. The highest BCUT2D eigenvalue weighted by Crippen LogP contribution is 2.17. The van der Waals surface area contributed by atoms with Gasteiger partial charge in [-0.15, -0.1) is 0 Å². The van der Waals surface area contributed by atoms with Crippen LogP contribution < -0.4 is 11.2 Å². The standard InChI is InChI=1S/C15H19N3O5/c1-16-8-10(13(20)17(2)15(16)23)5-6-12(19)18-7-3-4-11(9-18)14(21)22/h5-6,8,11H,3-4,7,9H2,1-2H3,(H,21,22). The van der Waals surface area contributed by atoms with E-state index in [0.717, 1.165) is 4.57 Å². The number of nitrogens with zero attached hydrogens (tertiary/aromatic N) is 3. The molecular weight excluding hydrogens is 302 g/mol. The monoisotopic (exact) mass is 321 g/mol. The predicted molar refractivity (Wildman–Crippen MR) is 82.9 cm³/mol. The largest absolute Gasteiger partial charge is 0.481 e. The number of aryl methyl sites for hydroxylation is 1. The van der Waals surface area contributed by atoms with Gasteiger partial charge in [0.1, 0.15) is 0 Å². The van der Waals surface area contributed by atoms with Gasteiger partial charge in [-0.3, -0.25) is 19.0 Å². The normalized spacial score (nSPS) is 18.3. The molecule has 1 atom stereocenters. The Morgan fingerprint density at radius 1 is 1.30 bits per heavy atom. The fourth-order valence-electron chi connectivity index (χ4n) is 2.60. The number of carboxylic acids is 1. The van der Waals surface area contributed by atoms with Crippen LogP contribution in [0.1, 0.15) is 18.4 Å². The van der Waals surface area contributed by atoms with E-state index in [2.05, 4.69) is 0 Å². The molecule has 8 nitrogen and oxygen atoms in total. The fraction of sp³-hybridized carbons (Fsp3) is 0.467. The van der Waals surface area contributed by atoms with Crippen molar-refractivity contribution < 1.29 is 14.7 Å². The van der Waals surface area contributed by atoms with Crippen LogP contribution in [0.4, 0.5) is 0 Å². The maximum atomic E-state index is 12.2. The second-order valence-electron chi connectivity index (χ2n) is 5.64. The minimum Gasteiger partial charge on any atom is -0.481 e. The SMILES string of the molecule is Cn1cc(C=CC(=O)N2CCCC(C(=O)O)C2)c(=O)n(C)c1=O. The zero-order valence-corrected chi connectivity index (χ0v) is 13.1. The van der Waals surface area contributed by atoms with E-state index < -0.39 is 23.1 Å². The lowest BCUT2D eigenvalue weighted by atomic mass is 9.98. The van der Waals surface area contributed by atoms with Gasteiger partial charge in [-0.2, -0.15) is 0 Å². The minimum atomic E-state index is -0.904.